The maximum Gasteiger partial charge on any atom is 0.236 e. The minimum absolute atomic E-state index is 0.183. The van der Waals surface area contributed by atoms with Gasteiger partial charge in [-0.1, -0.05) is 11.6 Å². The molecule has 1 rings (SSSR count). The van der Waals surface area contributed by atoms with E-state index in [1.807, 2.05) is 0 Å². The van der Waals surface area contributed by atoms with Crippen LogP contribution >= 0.6 is 11.6 Å². The summed E-state index contributed by atoms with van der Waals surface area (Å²) in [5.74, 6) is -0.167. The zero-order chi connectivity index (χ0) is 10.6. The van der Waals surface area contributed by atoms with E-state index in [0.717, 1.165) is 0 Å². The third-order valence-electron chi connectivity index (χ3n) is 1.35. The zero-order valence-electron chi connectivity index (χ0n) is 7.14. The Labute approximate surface area is 86.8 Å². The van der Waals surface area contributed by atoms with Gasteiger partial charge in [0.05, 0.1) is 17.4 Å². The lowest BCUT2D eigenvalue weighted by Gasteiger charge is -2.04. The Morgan fingerprint density at radius 3 is 2.71 bits per heavy atom. The number of halogens is 1. The minimum atomic E-state index is -3.50. The van der Waals surface area contributed by atoms with Crippen LogP contribution in [0, 0.1) is 0 Å². The summed E-state index contributed by atoms with van der Waals surface area (Å²) in [6, 6.07) is 2.96. The van der Waals surface area contributed by atoms with Gasteiger partial charge in [-0.15, -0.1) is 0 Å². The van der Waals surface area contributed by atoms with E-state index in [4.69, 9.17) is 16.7 Å². The molecule has 0 spiro atoms. The fraction of sp³-hybridized carbons (Fsp3) is 0.286. The van der Waals surface area contributed by atoms with Crippen LogP contribution in [0.2, 0.25) is 5.02 Å². The molecular formula is C7H9ClN2O3S. The summed E-state index contributed by atoms with van der Waals surface area (Å²) in [5, 5.41) is 8.89. The van der Waals surface area contributed by atoms with Gasteiger partial charge in [-0.25, -0.2) is 13.4 Å². The van der Waals surface area contributed by atoms with E-state index < -0.39 is 16.6 Å². The second kappa shape index (κ2) is 4.59. The first-order valence-electron chi connectivity index (χ1n) is 3.76. The van der Waals surface area contributed by atoms with Gasteiger partial charge in [0.1, 0.15) is 5.82 Å². The molecule has 0 aliphatic carbocycles. The van der Waals surface area contributed by atoms with Crippen molar-refractivity contribution in [3.8, 4) is 0 Å². The molecule has 1 heterocycles. The fourth-order valence-corrected chi connectivity index (χ4v) is 1.66. The molecule has 5 nitrogen and oxygen atoms in total. The number of sulfonamides is 1. The van der Waals surface area contributed by atoms with E-state index >= 15 is 0 Å². The number of pyridine rings is 1. The summed E-state index contributed by atoms with van der Waals surface area (Å²) in [4.78, 5) is 3.74. The molecule has 78 valence electrons. The summed E-state index contributed by atoms with van der Waals surface area (Å²) in [7, 11) is -3.50. The van der Waals surface area contributed by atoms with Crippen molar-refractivity contribution >= 4 is 27.4 Å². The number of aliphatic hydroxyl groups excluding tert-OH is 1. The van der Waals surface area contributed by atoms with E-state index in [9.17, 15) is 8.42 Å². The molecule has 0 saturated carbocycles. The van der Waals surface area contributed by atoms with Gasteiger partial charge in [0.2, 0.25) is 10.0 Å². The molecule has 2 N–H and O–H groups in total. The number of aliphatic hydroxyl groups is 1. The SMILES string of the molecule is O=S(=O)(CCO)Nc1ccc(Cl)cn1. The molecule has 1 aromatic heterocycles. The number of hydrogen-bond acceptors (Lipinski definition) is 4. The Morgan fingerprint density at radius 2 is 2.21 bits per heavy atom. The number of anilines is 1. The van der Waals surface area contributed by atoms with Crippen molar-refractivity contribution in [1.29, 1.82) is 0 Å². The molecule has 7 heteroatoms. The van der Waals surface area contributed by atoms with Gasteiger partial charge in [-0.3, -0.25) is 4.72 Å². The summed E-state index contributed by atoms with van der Waals surface area (Å²) in [6.45, 7) is -0.428. The van der Waals surface area contributed by atoms with Crippen molar-refractivity contribution in [3.63, 3.8) is 0 Å². The van der Waals surface area contributed by atoms with Gasteiger partial charge >= 0.3 is 0 Å². The zero-order valence-corrected chi connectivity index (χ0v) is 8.72. The molecule has 0 aliphatic rings. The van der Waals surface area contributed by atoms with Gasteiger partial charge in [-0.2, -0.15) is 0 Å². The average Bonchev–Trinajstić information content (AvgIpc) is 2.08. The smallest absolute Gasteiger partial charge is 0.236 e. The second-order valence-electron chi connectivity index (χ2n) is 2.51. The van der Waals surface area contributed by atoms with Crippen molar-refractivity contribution in [2.45, 2.75) is 0 Å². The first kappa shape index (κ1) is 11.2. The molecule has 0 radical (unpaired) electrons. The molecule has 0 atom stereocenters. The van der Waals surface area contributed by atoms with Crippen molar-refractivity contribution < 1.29 is 13.5 Å². The lowest BCUT2D eigenvalue weighted by molar-refractivity contribution is 0.320. The quantitative estimate of drug-likeness (QED) is 0.797. The number of aromatic nitrogens is 1. The van der Waals surface area contributed by atoms with Gasteiger partial charge in [0.15, 0.2) is 0 Å². The Kier molecular flexibility index (Phi) is 3.68. The molecule has 1 aromatic rings. The van der Waals surface area contributed by atoms with Crippen molar-refractivity contribution in [1.82, 2.24) is 4.98 Å². The number of rotatable bonds is 4. The molecule has 0 bridgehead atoms. The van der Waals surface area contributed by atoms with Gasteiger partial charge in [-0.05, 0) is 12.1 Å². The number of nitrogens with one attached hydrogen (secondary N) is 1. The normalized spacial score (nSPS) is 11.3. The Hall–Kier alpha value is -0.850. The van der Waals surface area contributed by atoms with Crippen LogP contribution in [0.5, 0.6) is 0 Å². The van der Waals surface area contributed by atoms with Gasteiger partial charge in [0, 0.05) is 6.20 Å². The predicted octanol–water partition coefficient (Wildman–Crippen LogP) is 0.469. The summed E-state index contributed by atoms with van der Waals surface area (Å²) < 4.78 is 24.5. The molecule has 0 unspecified atom stereocenters. The van der Waals surface area contributed by atoms with E-state index in [1.54, 1.807) is 0 Å². The van der Waals surface area contributed by atoms with Crippen LogP contribution in [-0.2, 0) is 10.0 Å². The predicted molar refractivity (Wildman–Crippen MR) is 53.7 cm³/mol. The van der Waals surface area contributed by atoms with Crippen molar-refractivity contribution in [2.75, 3.05) is 17.1 Å². The van der Waals surface area contributed by atoms with Crippen molar-refractivity contribution in [2.24, 2.45) is 0 Å². The van der Waals surface area contributed by atoms with Crippen LogP contribution in [0.25, 0.3) is 0 Å². The summed E-state index contributed by atoms with van der Waals surface area (Å²) in [5.41, 5.74) is 0. The standard InChI is InChI=1S/C7H9ClN2O3S/c8-6-1-2-7(9-5-6)10-14(12,13)4-3-11/h1-2,5,11H,3-4H2,(H,9,10). The Morgan fingerprint density at radius 1 is 1.50 bits per heavy atom. The maximum atomic E-state index is 11.1. The molecule has 0 amide bonds. The monoisotopic (exact) mass is 236 g/mol. The third-order valence-corrected chi connectivity index (χ3v) is 2.81. The highest BCUT2D eigenvalue weighted by Gasteiger charge is 2.09. The van der Waals surface area contributed by atoms with Crippen LogP contribution in [0.15, 0.2) is 18.3 Å². The molecule has 14 heavy (non-hydrogen) atoms. The van der Waals surface area contributed by atoms with Crippen LogP contribution in [0.3, 0.4) is 0 Å². The minimum Gasteiger partial charge on any atom is -0.395 e. The molecule has 0 aliphatic heterocycles. The molecule has 0 saturated heterocycles. The Balaban J connectivity index is 2.74. The first-order valence-corrected chi connectivity index (χ1v) is 5.79. The Bertz CT molecular complexity index is 390. The first-order chi connectivity index (χ1) is 6.53. The molecular weight excluding hydrogens is 228 g/mol. The lowest BCUT2D eigenvalue weighted by atomic mass is 10.5. The van der Waals surface area contributed by atoms with E-state index in [1.165, 1.54) is 18.3 Å². The lowest BCUT2D eigenvalue weighted by Crippen LogP contribution is -2.19. The highest BCUT2D eigenvalue weighted by atomic mass is 35.5. The van der Waals surface area contributed by atoms with Crippen LogP contribution in [0.1, 0.15) is 0 Å². The maximum absolute atomic E-state index is 11.1. The van der Waals surface area contributed by atoms with E-state index in [2.05, 4.69) is 9.71 Å². The van der Waals surface area contributed by atoms with Gasteiger partial charge in [0.25, 0.3) is 0 Å². The fourth-order valence-electron chi connectivity index (χ4n) is 0.767. The highest BCUT2D eigenvalue weighted by molar-refractivity contribution is 7.92. The topological polar surface area (TPSA) is 79.3 Å². The summed E-state index contributed by atoms with van der Waals surface area (Å²) >= 11 is 5.56. The second-order valence-corrected chi connectivity index (χ2v) is 4.78. The van der Waals surface area contributed by atoms with E-state index in [-0.39, 0.29) is 11.6 Å². The van der Waals surface area contributed by atoms with Crippen LogP contribution in [0.4, 0.5) is 5.82 Å². The van der Waals surface area contributed by atoms with E-state index in [0.29, 0.717) is 5.02 Å². The third kappa shape index (κ3) is 3.49. The van der Waals surface area contributed by atoms with Crippen molar-refractivity contribution in [3.05, 3.63) is 23.4 Å². The van der Waals surface area contributed by atoms with Gasteiger partial charge < -0.3 is 5.11 Å². The molecule has 0 aromatic carbocycles. The average molecular weight is 237 g/mol. The summed E-state index contributed by atoms with van der Waals surface area (Å²) in [6.07, 6.45) is 1.33. The number of hydrogen-bond donors (Lipinski definition) is 2. The van der Waals surface area contributed by atoms with Crippen LogP contribution < -0.4 is 4.72 Å². The number of nitrogens with zero attached hydrogens (tertiary/aromatic N) is 1. The largest absolute Gasteiger partial charge is 0.395 e. The molecule has 0 fully saturated rings. The van der Waals surface area contributed by atoms with Crippen LogP contribution in [-0.4, -0.2) is 30.9 Å². The highest BCUT2D eigenvalue weighted by Crippen LogP contribution is 2.10.